The number of hydrogen-bond donors (Lipinski definition) is 1. The molecule has 1 atom stereocenters. The van der Waals surface area contributed by atoms with Crippen molar-refractivity contribution in [2.45, 2.75) is 19.4 Å². The quantitative estimate of drug-likeness (QED) is 0.681. The van der Waals surface area contributed by atoms with Crippen molar-refractivity contribution < 1.29 is 4.79 Å². The number of hydrogen-bond acceptors (Lipinski definition) is 3. The number of carbonyl (C=O) groups excluding carboxylic acids is 1. The van der Waals surface area contributed by atoms with E-state index in [0.29, 0.717) is 12.5 Å². The molecular weight excluding hydrogens is 178 g/mol. The van der Waals surface area contributed by atoms with Crippen molar-refractivity contribution in [1.82, 2.24) is 15.1 Å². The lowest BCUT2D eigenvalue weighted by Gasteiger charge is -2.33. The predicted molar refractivity (Wildman–Crippen MR) is 57.2 cm³/mol. The molecule has 0 spiro atoms. The summed E-state index contributed by atoms with van der Waals surface area (Å²) < 4.78 is 0. The highest BCUT2D eigenvalue weighted by Crippen LogP contribution is 1.99. The second-order valence-corrected chi connectivity index (χ2v) is 4.04. The maximum absolute atomic E-state index is 11.4. The van der Waals surface area contributed by atoms with Crippen LogP contribution in [0.3, 0.4) is 0 Å². The fourth-order valence-electron chi connectivity index (χ4n) is 1.82. The highest BCUT2D eigenvalue weighted by atomic mass is 16.2. The van der Waals surface area contributed by atoms with E-state index < -0.39 is 0 Å². The van der Waals surface area contributed by atoms with Crippen molar-refractivity contribution in [3.63, 3.8) is 0 Å². The van der Waals surface area contributed by atoms with Gasteiger partial charge in [-0.3, -0.25) is 4.79 Å². The highest BCUT2D eigenvalue weighted by molar-refractivity contribution is 5.75. The van der Waals surface area contributed by atoms with Gasteiger partial charge < -0.3 is 15.1 Å². The molecule has 1 N–H and O–H groups in total. The molecule has 1 amide bonds. The molecule has 1 fully saturated rings. The molecule has 0 radical (unpaired) electrons. The average Bonchev–Trinajstić information content (AvgIpc) is 2.16. The number of nitrogens with zero attached hydrogens (tertiary/aromatic N) is 2. The van der Waals surface area contributed by atoms with Crippen LogP contribution in [-0.4, -0.2) is 62.0 Å². The van der Waals surface area contributed by atoms with Crippen molar-refractivity contribution in [2.24, 2.45) is 0 Å². The second-order valence-electron chi connectivity index (χ2n) is 4.04. The number of likely N-dealkylation sites (N-methyl/N-ethyl adjacent to an activating group) is 2. The molecule has 1 saturated heterocycles. The van der Waals surface area contributed by atoms with Gasteiger partial charge in [0.2, 0.25) is 5.91 Å². The summed E-state index contributed by atoms with van der Waals surface area (Å²) in [6.07, 6.45) is 0.596. The zero-order chi connectivity index (χ0) is 10.6. The number of nitrogens with one attached hydrogen (secondary N) is 1. The number of carbonyl (C=O) groups is 1. The third-order valence-electron chi connectivity index (χ3n) is 2.68. The SMILES string of the molecule is CCC(=O)N(C)CC1CN(C)CCN1. The summed E-state index contributed by atoms with van der Waals surface area (Å²) in [7, 11) is 4.00. The summed E-state index contributed by atoms with van der Waals surface area (Å²) in [5, 5.41) is 3.42. The van der Waals surface area contributed by atoms with Crippen LogP contribution in [0.5, 0.6) is 0 Å². The molecule has 0 aliphatic carbocycles. The molecule has 1 aliphatic rings. The van der Waals surface area contributed by atoms with E-state index >= 15 is 0 Å². The molecule has 0 aromatic heterocycles. The molecule has 0 aromatic rings. The Morgan fingerprint density at radius 1 is 1.64 bits per heavy atom. The molecule has 82 valence electrons. The first-order valence-electron chi connectivity index (χ1n) is 5.29. The Hall–Kier alpha value is -0.610. The van der Waals surface area contributed by atoms with E-state index in [2.05, 4.69) is 17.3 Å². The standard InChI is InChI=1S/C10H21N3O/c1-4-10(14)13(3)8-9-7-12(2)6-5-11-9/h9,11H,4-8H2,1-3H3. The van der Waals surface area contributed by atoms with Crippen LogP contribution in [0.15, 0.2) is 0 Å². The zero-order valence-electron chi connectivity index (χ0n) is 9.42. The Balaban J connectivity index is 2.32. The summed E-state index contributed by atoms with van der Waals surface area (Å²) >= 11 is 0. The highest BCUT2D eigenvalue weighted by Gasteiger charge is 2.19. The number of piperazine rings is 1. The number of amides is 1. The normalized spacial score (nSPS) is 23.5. The van der Waals surface area contributed by atoms with Gasteiger partial charge in [0.15, 0.2) is 0 Å². The van der Waals surface area contributed by atoms with Crippen LogP contribution < -0.4 is 5.32 Å². The minimum absolute atomic E-state index is 0.222. The molecular formula is C10H21N3O. The fraction of sp³-hybridized carbons (Fsp3) is 0.900. The van der Waals surface area contributed by atoms with Gasteiger partial charge in [-0.2, -0.15) is 0 Å². The first kappa shape index (κ1) is 11.5. The summed E-state index contributed by atoms with van der Waals surface area (Å²) in [6.45, 7) is 5.87. The van der Waals surface area contributed by atoms with Crippen LogP contribution >= 0.6 is 0 Å². The lowest BCUT2D eigenvalue weighted by atomic mass is 10.2. The lowest BCUT2D eigenvalue weighted by molar-refractivity contribution is -0.130. The van der Waals surface area contributed by atoms with E-state index in [1.807, 2.05) is 18.9 Å². The van der Waals surface area contributed by atoms with Crippen LogP contribution in [0.2, 0.25) is 0 Å². The largest absolute Gasteiger partial charge is 0.344 e. The van der Waals surface area contributed by atoms with E-state index in [1.54, 1.807) is 0 Å². The van der Waals surface area contributed by atoms with Gasteiger partial charge in [-0.1, -0.05) is 6.92 Å². The lowest BCUT2D eigenvalue weighted by Crippen LogP contribution is -2.53. The van der Waals surface area contributed by atoms with Crippen molar-refractivity contribution in [2.75, 3.05) is 40.3 Å². The monoisotopic (exact) mass is 199 g/mol. The predicted octanol–water partition coefficient (Wildman–Crippen LogP) is -0.242. The first-order chi connectivity index (χ1) is 6.63. The minimum Gasteiger partial charge on any atom is -0.344 e. The second kappa shape index (κ2) is 5.32. The summed E-state index contributed by atoms with van der Waals surface area (Å²) in [6, 6.07) is 0.425. The Bertz CT molecular complexity index is 196. The molecule has 1 aliphatic heterocycles. The maximum atomic E-state index is 11.4. The smallest absolute Gasteiger partial charge is 0.222 e. The Morgan fingerprint density at radius 3 is 2.93 bits per heavy atom. The van der Waals surface area contributed by atoms with Crippen LogP contribution in [0.1, 0.15) is 13.3 Å². The van der Waals surface area contributed by atoms with Crippen molar-refractivity contribution in [3.05, 3.63) is 0 Å². The van der Waals surface area contributed by atoms with E-state index in [0.717, 1.165) is 26.2 Å². The molecule has 4 heteroatoms. The minimum atomic E-state index is 0.222. The van der Waals surface area contributed by atoms with Crippen LogP contribution in [0.4, 0.5) is 0 Å². The third kappa shape index (κ3) is 3.27. The Labute approximate surface area is 86.2 Å². The van der Waals surface area contributed by atoms with Gasteiger partial charge in [0.05, 0.1) is 0 Å². The molecule has 0 aromatic carbocycles. The van der Waals surface area contributed by atoms with E-state index in [1.165, 1.54) is 0 Å². The zero-order valence-corrected chi connectivity index (χ0v) is 9.42. The van der Waals surface area contributed by atoms with Gasteiger partial charge in [-0.05, 0) is 7.05 Å². The molecule has 14 heavy (non-hydrogen) atoms. The van der Waals surface area contributed by atoms with Gasteiger partial charge in [-0.25, -0.2) is 0 Å². The van der Waals surface area contributed by atoms with E-state index in [9.17, 15) is 4.79 Å². The van der Waals surface area contributed by atoms with Crippen LogP contribution in [0.25, 0.3) is 0 Å². The summed E-state index contributed by atoms with van der Waals surface area (Å²) in [5.74, 6) is 0.222. The maximum Gasteiger partial charge on any atom is 0.222 e. The van der Waals surface area contributed by atoms with Gasteiger partial charge in [0.1, 0.15) is 0 Å². The van der Waals surface area contributed by atoms with Crippen molar-refractivity contribution in [1.29, 1.82) is 0 Å². The molecule has 0 bridgehead atoms. The van der Waals surface area contributed by atoms with Gasteiger partial charge in [-0.15, -0.1) is 0 Å². The molecule has 0 saturated carbocycles. The average molecular weight is 199 g/mol. The fourth-order valence-corrected chi connectivity index (χ4v) is 1.82. The van der Waals surface area contributed by atoms with E-state index in [-0.39, 0.29) is 5.91 Å². The molecule has 4 nitrogen and oxygen atoms in total. The number of rotatable bonds is 3. The Kier molecular flexibility index (Phi) is 4.35. The van der Waals surface area contributed by atoms with Crippen molar-refractivity contribution >= 4 is 5.91 Å². The summed E-state index contributed by atoms with van der Waals surface area (Å²) in [4.78, 5) is 15.5. The molecule has 1 unspecified atom stereocenters. The van der Waals surface area contributed by atoms with Crippen LogP contribution in [0, 0.1) is 0 Å². The Morgan fingerprint density at radius 2 is 2.36 bits per heavy atom. The summed E-state index contributed by atoms with van der Waals surface area (Å²) in [5.41, 5.74) is 0. The molecule has 1 heterocycles. The van der Waals surface area contributed by atoms with Gasteiger partial charge >= 0.3 is 0 Å². The van der Waals surface area contributed by atoms with Crippen molar-refractivity contribution in [3.8, 4) is 0 Å². The van der Waals surface area contributed by atoms with Gasteiger partial charge in [0.25, 0.3) is 0 Å². The van der Waals surface area contributed by atoms with E-state index in [4.69, 9.17) is 0 Å². The topological polar surface area (TPSA) is 35.6 Å². The third-order valence-corrected chi connectivity index (χ3v) is 2.68. The van der Waals surface area contributed by atoms with Crippen LogP contribution in [-0.2, 0) is 4.79 Å². The first-order valence-corrected chi connectivity index (χ1v) is 5.29. The molecule has 1 rings (SSSR count). The van der Waals surface area contributed by atoms with Gasteiger partial charge in [0, 0.05) is 45.7 Å².